The summed E-state index contributed by atoms with van der Waals surface area (Å²) in [6.45, 7) is 1.68. The quantitative estimate of drug-likeness (QED) is 0.285. The van der Waals surface area contributed by atoms with Gasteiger partial charge in [-0.1, -0.05) is 56.2 Å². The lowest BCUT2D eigenvalue weighted by atomic mass is 9.99. The first-order valence-corrected chi connectivity index (χ1v) is 11.4. The van der Waals surface area contributed by atoms with Crippen molar-refractivity contribution >= 4 is 33.3 Å². The molecule has 0 fully saturated rings. The van der Waals surface area contributed by atoms with Crippen LogP contribution in [0.4, 0.5) is 11.4 Å². The maximum absolute atomic E-state index is 13.4. The number of carbonyl (C=O) groups is 2. The van der Waals surface area contributed by atoms with E-state index in [2.05, 4.69) is 10.7 Å². The lowest BCUT2D eigenvalue weighted by Crippen LogP contribution is -2.47. The summed E-state index contributed by atoms with van der Waals surface area (Å²) in [7, 11) is -4.21. The second kappa shape index (κ2) is 11.3. The van der Waals surface area contributed by atoms with E-state index in [0.717, 1.165) is 6.42 Å². The molecule has 0 spiro atoms. The maximum atomic E-state index is 13.4. The molecule has 1 atom stereocenters. The van der Waals surface area contributed by atoms with E-state index in [-0.39, 0.29) is 6.54 Å². The topological polar surface area (TPSA) is 116 Å². The van der Waals surface area contributed by atoms with Crippen molar-refractivity contribution < 1.29 is 22.6 Å². The van der Waals surface area contributed by atoms with Crippen molar-refractivity contribution in [3.8, 4) is 0 Å². The predicted octanol–water partition coefficient (Wildman–Crippen LogP) is 2.86. The number of anilines is 2. The molecule has 0 aliphatic carbocycles. The number of nitrogens with zero attached hydrogens (tertiary/aromatic N) is 1. The molecule has 2 rings (SSSR count). The van der Waals surface area contributed by atoms with Crippen molar-refractivity contribution in [3.63, 3.8) is 0 Å². The Bertz CT molecular complexity index is 920. The molecule has 9 heteroatoms. The first kappa shape index (κ1) is 23.4. The van der Waals surface area contributed by atoms with E-state index >= 15 is 0 Å². The highest BCUT2D eigenvalue weighted by Crippen LogP contribution is 2.21. The van der Waals surface area contributed by atoms with Crippen molar-refractivity contribution in [3.05, 3.63) is 60.7 Å². The average Bonchev–Trinajstić information content (AvgIpc) is 2.72. The third-order valence-electron chi connectivity index (χ3n) is 4.37. The van der Waals surface area contributed by atoms with Crippen molar-refractivity contribution in [1.29, 1.82) is 0 Å². The molecule has 162 valence electrons. The summed E-state index contributed by atoms with van der Waals surface area (Å²) in [6, 6.07) is 18.0. The Morgan fingerprint density at radius 3 is 2.20 bits per heavy atom. The molecule has 2 aromatic carbocycles. The highest BCUT2D eigenvalue weighted by molar-refractivity contribution is 7.85. The van der Waals surface area contributed by atoms with E-state index in [4.69, 9.17) is 4.55 Å². The van der Waals surface area contributed by atoms with E-state index < -0.39 is 33.6 Å². The van der Waals surface area contributed by atoms with Crippen LogP contribution in [0.5, 0.6) is 0 Å². The summed E-state index contributed by atoms with van der Waals surface area (Å²) in [4.78, 5) is 26.1. The third-order valence-corrected chi connectivity index (χ3v) is 5.09. The van der Waals surface area contributed by atoms with E-state index in [0.29, 0.717) is 24.2 Å². The lowest BCUT2D eigenvalue weighted by molar-refractivity contribution is -0.133. The van der Waals surface area contributed by atoms with Crippen molar-refractivity contribution in [2.45, 2.75) is 26.2 Å². The zero-order chi connectivity index (χ0) is 22.0. The maximum Gasteiger partial charge on any atom is 0.266 e. The molecule has 30 heavy (non-hydrogen) atoms. The molecule has 8 nitrogen and oxygen atoms in total. The Morgan fingerprint density at radius 1 is 1.03 bits per heavy atom. The molecular formula is C21H27N3O5S. The molecular weight excluding hydrogens is 406 g/mol. The monoisotopic (exact) mass is 433 g/mol. The molecule has 2 amide bonds. The van der Waals surface area contributed by atoms with Crippen molar-refractivity contribution in [2.24, 2.45) is 5.92 Å². The number of para-hydroxylation sites is 2. The Morgan fingerprint density at radius 2 is 1.63 bits per heavy atom. The third kappa shape index (κ3) is 7.49. The number of carbonyl (C=O) groups excluding carboxylic acids is 2. The molecule has 0 radical (unpaired) electrons. The van der Waals surface area contributed by atoms with Crippen molar-refractivity contribution in [2.75, 3.05) is 22.7 Å². The number of rotatable bonds is 11. The Balaban J connectivity index is 2.25. The van der Waals surface area contributed by atoms with Gasteiger partial charge >= 0.3 is 0 Å². The van der Waals surface area contributed by atoms with Gasteiger partial charge in [0.2, 0.25) is 5.91 Å². The molecule has 0 aromatic heterocycles. The molecule has 0 saturated heterocycles. The fraction of sp³-hybridized carbons (Fsp3) is 0.333. The van der Waals surface area contributed by atoms with Gasteiger partial charge in [-0.15, -0.1) is 0 Å². The summed E-state index contributed by atoms with van der Waals surface area (Å²) in [6.07, 6.45) is 1.75. The second-order valence-electron chi connectivity index (χ2n) is 6.76. The number of nitrogens with one attached hydrogen (secondary N) is 2. The highest BCUT2D eigenvalue weighted by atomic mass is 32.2. The fourth-order valence-electron chi connectivity index (χ4n) is 2.82. The van der Waals surface area contributed by atoms with Gasteiger partial charge in [-0.3, -0.25) is 19.6 Å². The number of amides is 2. The average molecular weight is 434 g/mol. The van der Waals surface area contributed by atoms with Gasteiger partial charge in [-0.25, -0.2) is 5.01 Å². The van der Waals surface area contributed by atoms with Crippen LogP contribution < -0.4 is 15.8 Å². The minimum absolute atomic E-state index is 0.273. The molecule has 0 bridgehead atoms. The van der Waals surface area contributed by atoms with Gasteiger partial charge in [0.25, 0.3) is 16.0 Å². The van der Waals surface area contributed by atoms with Crippen LogP contribution >= 0.6 is 0 Å². The van der Waals surface area contributed by atoms with Gasteiger partial charge in [0.1, 0.15) is 5.92 Å². The van der Waals surface area contributed by atoms with Crippen LogP contribution in [0.3, 0.4) is 0 Å². The van der Waals surface area contributed by atoms with Crippen LogP contribution in [0.2, 0.25) is 0 Å². The molecule has 0 aliphatic heterocycles. The van der Waals surface area contributed by atoms with Gasteiger partial charge in [0.05, 0.1) is 17.1 Å². The van der Waals surface area contributed by atoms with Gasteiger partial charge < -0.3 is 5.32 Å². The van der Waals surface area contributed by atoms with E-state index in [1.165, 1.54) is 5.01 Å². The van der Waals surface area contributed by atoms with Gasteiger partial charge in [0, 0.05) is 6.54 Å². The predicted molar refractivity (Wildman–Crippen MR) is 116 cm³/mol. The Labute approximate surface area is 177 Å². The molecule has 2 aromatic rings. The van der Waals surface area contributed by atoms with Crippen LogP contribution in [-0.4, -0.2) is 37.1 Å². The number of hydrogen-bond donors (Lipinski definition) is 3. The smallest absolute Gasteiger partial charge is 0.266 e. The summed E-state index contributed by atoms with van der Waals surface area (Å²) in [5.41, 5.74) is 4.30. The normalized spacial score (nSPS) is 12.1. The van der Waals surface area contributed by atoms with E-state index in [1.54, 1.807) is 36.4 Å². The zero-order valence-corrected chi connectivity index (χ0v) is 17.6. The largest absolute Gasteiger partial charge is 0.354 e. The molecule has 0 aliphatic rings. The van der Waals surface area contributed by atoms with Gasteiger partial charge in [-0.2, -0.15) is 8.42 Å². The summed E-state index contributed by atoms with van der Waals surface area (Å²) < 4.78 is 30.7. The Kier molecular flexibility index (Phi) is 8.82. The second-order valence-corrected chi connectivity index (χ2v) is 8.33. The molecule has 1 unspecified atom stereocenters. The summed E-state index contributed by atoms with van der Waals surface area (Å²) in [5, 5.41) is 3.78. The minimum Gasteiger partial charge on any atom is -0.354 e. The standard InChI is InChI=1S/C21H27N3O5S/c1-2-3-14-19(20(25)22-15-16-30(27,28)29)21(26)24(18-12-8-5-9-13-18)23-17-10-6-4-7-11-17/h4-13,19,23H,2-3,14-16H2,1H3,(H,22,25)(H,27,28,29). The molecule has 0 heterocycles. The first-order valence-electron chi connectivity index (χ1n) is 9.75. The number of unbranched alkanes of at least 4 members (excludes halogenated alkanes) is 1. The minimum atomic E-state index is -4.21. The first-order chi connectivity index (χ1) is 14.3. The van der Waals surface area contributed by atoms with Crippen molar-refractivity contribution in [1.82, 2.24) is 5.32 Å². The van der Waals surface area contributed by atoms with Crippen LogP contribution in [0.1, 0.15) is 26.2 Å². The number of benzene rings is 2. The SMILES string of the molecule is CCCCC(C(=O)NCCS(=O)(=O)O)C(=O)N(Nc1ccccc1)c1ccccc1. The summed E-state index contributed by atoms with van der Waals surface area (Å²) >= 11 is 0. The number of hydrazine groups is 1. The lowest BCUT2D eigenvalue weighted by Gasteiger charge is -2.28. The molecule has 0 saturated carbocycles. The zero-order valence-electron chi connectivity index (χ0n) is 16.8. The van der Waals surface area contributed by atoms with Crippen LogP contribution in [-0.2, 0) is 19.7 Å². The highest BCUT2D eigenvalue weighted by Gasteiger charge is 2.31. The van der Waals surface area contributed by atoms with E-state index in [1.807, 2.05) is 31.2 Å². The summed E-state index contributed by atoms with van der Waals surface area (Å²) in [5.74, 6) is -2.66. The Hall–Kier alpha value is -2.91. The fourth-order valence-corrected chi connectivity index (χ4v) is 3.18. The molecule has 3 N–H and O–H groups in total. The van der Waals surface area contributed by atoms with Crippen LogP contribution in [0.15, 0.2) is 60.7 Å². The van der Waals surface area contributed by atoms with E-state index in [9.17, 15) is 18.0 Å². The van der Waals surface area contributed by atoms with Crippen LogP contribution in [0.25, 0.3) is 0 Å². The number of hydrogen-bond acceptors (Lipinski definition) is 5. The van der Waals surface area contributed by atoms with Gasteiger partial charge in [-0.05, 0) is 30.7 Å². The van der Waals surface area contributed by atoms with Crippen LogP contribution in [0, 0.1) is 5.92 Å². The van der Waals surface area contributed by atoms with Gasteiger partial charge in [0.15, 0.2) is 0 Å².